The number of esters is 2. The van der Waals surface area contributed by atoms with Crippen molar-refractivity contribution in [2.45, 2.75) is 405 Å². The second kappa shape index (κ2) is 67.9. The Morgan fingerprint density at radius 1 is 0.358 bits per heavy atom. The van der Waals surface area contributed by atoms with Crippen molar-refractivity contribution < 1.29 is 37.6 Å². The normalized spacial score (nSPS) is 12.9. The van der Waals surface area contributed by atoms with Gasteiger partial charge in [-0.15, -0.1) is 0 Å². The molecule has 9 nitrogen and oxygen atoms in total. The molecule has 0 spiro atoms. The number of rotatable bonds is 70. The Labute approximate surface area is 504 Å². The van der Waals surface area contributed by atoms with Crippen LogP contribution in [0.4, 0.5) is 0 Å². The van der Waals surface area contributed by atoms with Gasteiger partial charge in [-0.2, -0.15) is 0 Å². The molecule has 0 aromatic heterocycles. The number of nitrogens with two attached hydrogens (primary N) is 1. The van der Waals surface area contributed by atoms with Crippen LogP contribution in [-0.2, 0) is 32.7 Å². The van der Waals surface area contributed by atoms with Crippen LogP contribution >= 0.6 is 7.82 Å². The van der Waals surface area contributed by atoms with Gasteiger partial charge < -0.3 is 20.1 Å². The fourth-order valence-corrected chi connectivity index (χ4v) is 12.1. The summed E-state index contributed by atoms with van der Waals surface area (Å²) in [6, 6.07) is 0. The van der Waals surface area contributed by atoms with E-state index in [9.17, 15) is 19.0 Å². The Balaban J connectivity index is 3.77. The molecule has 0 amide bonds. The van der Waals surface area contributed by atoms with Crippen molar-refractivity contribution in [3.8, 4) is 0 Å². The molecule has 3 N–H and O–H groups in total. The van der Waals surface area contributed by atoms with Gasteiger partial charge >= 0.3 is 19.8 Å². The minimum absolute atomic E-state index is 0.0573. The van der Waals surface area contributed by atoms with Crippen molar-refractivity contribution >= 4 is 19.8 Å². The third-order valence-electron chi connectivity index (χ3n) is 16.7. The van der Waals surface area contributed by atoms with E-state index in [0.29, 0.717) is 6.42 Å². The Bertz CT molecular complexity index is 1330. The Hall–Kier alpha value is -1.25. The monoisotopic (exact) mass is 1170 g/mol. The molecule has 482 valence electrons. The molecule has 0 bridgehead atoms. The Morgan fingerprint density at radius 3 is 0.877 bits per heavy atom. The van der Waals surface area contributed by atoms with Crippen molar-refractivity contribution in [1.82, 2.24) is 0 Å². The number of ether oxygens (including phenoxy) is 2. The topological polar surface area (TPSA) is 134 Å². The van der Waals surface area contributed by atoms with Crippen molar-refractivity contribution in [2.24, 2.45) is 5.73 Å². The van der Waals surface area contributed by atoms with Crippen LogP contribution < -0.4 is 5.73 Å². The lowest BCUT2D eigenvalue weighted by molar-refractivity contribution is -0.161. The summed E-state index contributed by atoms with van der Waals surface area (Å²) in [7, 11) is -4.39. The van der Waals surface area contributed by atoms with E-state index in [4.69, 9.17) is 24.3 Å². The predicted molar refractivity (Wildman–Crippen MR) is 349 cm³/mol. The number of allylic oxidation sites excluding steroid dienone is 2. The molecule has 10 heteroatoms. The zero-order chi connectivity index (χ0) is 58.7. The molecule has 2 atom stereocenters. The number of carbonyl (C=O) groups excluding carboxylic acids is 2. The lowest BCUT2D eigenvalue weighted by atomic mass is 10.0. The van der Waals surface area contributed by atoms with Crippen LogP contribution in [0.25, 0.3) is 0 Å². The number of hydrogen-bond acceptors (Lipinski definition) is 8. The molecular weight excluding hydrogens is 1030 g/mol. The minimum Gasteiger partial charge on any atom is -0.462 e. The van der Waals surface area contributed by atoms with Gasteiger partial charge in [0.2, 0.25) is 0 Å². The van der Waals surface area contributed by atoms with Crippen molar-refractivity contribution in [2.75, 3.05) is 26.4 Å². The smallest absolute Gasteiger partial charge is 0.462 e. The lowest BCUT2D eigenvalue weighted by Gasteiger charge is -2.19. The highest BCUT2D eigenvalue weighted by Gasteiger charge is 2.26. The molecular formula is C71H140NO8P. The number of phosphoric ester groups is 1. The first-order chi connectivity index (χ1) is 39.8. The molecule has 81 heavy (non-hydrogen) atoms. The average molecular weight is 1170 g/mol. The highest BCUT2D eigenvalue weighted by Crippen LogP contribution is 2.43. The van der Waals surface area contributed by atoms with Gasteiger partial charge in [0.05, 0.1) is 13.2 Å². The summed E-state index contributed by atoms with van der Waals surface area (Å²) in [6.07, 6.45) is 81.9. The van der Waals surface area contributed by atoms with E-state index < -0.39 is 26.5 Å². The molecule has 2 unspecified atom stereocenters. The second-order valence-corrected chi connectivity index (χ2v) is 26.3. The van der Waals surface area contributed by atoms with Crippen molar-refractivity contribution in [3.63, 3.8) is 0 Å². The SMILES string of the molecule is CCCCCCCCCC/C=C\CCCCCCCCCCCCCCCC(=O)OC(COC(=O)CCCCCCCCCCCCCCCCCCCCCCCCCCCCCCCCCCCCC)COP(=O)(O)OCCN. The molecule has 0 rings (SSSR count). The molecule has 0 saturated carbocycles. The standard InChI is InChI=1S/C71H140NO8P/c1-3-5-7-9-11-13-15-17-19-21-23-25-27-29-30-31-32-33-34-35-36-37-38-40-41-43-45-47-49-51-53-55-57-59-61-63-70(73)77-67-69(68-79-81(75,76)78-66-65-72)80-71(74)64-62-60-58-56-54-52-50-48-46-44-42-39-28-26-24-22-20-18-16-14-12-10-8-6-4-2/h22,24,69H,3-21,23,25-68,72H2,1-2H3,(H,75,76)/b24-22-. The largest absolute Gasteiger partial charge is 0.472 e. The molecule has 0 fully saturated rings. The summed E-state index contributed by atoms with van der Waals surface area (Å²) in [5.74, 6) is -0.802. The molecule has 0 heterocycles. The summed E-state index contributed by atoms with van der Waals surface area (Å²) < 4.78 is 33.2. The van der Waals surface area contributed by atoms with E-state index in [1.807, 2.05) is 0 Å². The summed E-state index contributed by atoms with van der Waals surface area (Å²) in [5.41, 5.74) is 5.40. The van der Waals surface area contributed by atoms with Gasteiger partial charge in [0, 0.05) is 19.4 Å². The van der Waals surface area contributed by atoms with E-state index >= 15 is 0 Å². The quantitative estimate of drug-likeness (QED) is 0.0264. The number of phosphoric acid groups is 1. The van der Waals surface area contributed by atoms with Crippen LogP contribution in [0.5, 0.6) is 0 Å². The highest BCUT2D eigenvalue weighted by atomic mass is 31.2. The minimum atomic E-state index is -4.39. The van der Waals surface area contributed by atoms with E-state index in [1.54, 1.807) is 0 Å². The van der Waals surface area contributed by atoms with Crippen molar-refractivity contribution in [3.05, 3.63) is 12.2 Å². The first-order valence-corrected chi connectivity index (χ1v) is 37.7. The number of hydrogen-bond donors (Lipinski definition) is 2. The first-order valence-electron chi connectivity index (χ1n) is 36.2. The summed E-state index contributed by atoms with van der Waals surface area (Å²) in [6.45, 7) is 3.83. The maximum absolute atomic E-state index is 12.8. The Kier molecular flexibility index (Phi) is 66.8. The lowest BCUT2D eigenvalue weighted by Crippen LogP contribution is -2.29. The van der Waals surface area contributed by atoms with Gasteiger partial charge in [-0.1, -0.05) is 360 Å². The van der Waals surface area contributed by atoms with Crippen LogP contribution in [0.15, 0.2) is 12.2 Å². The van der Waals surface area contributed by atoms with Crippen LogP contribution in [0.3, 0.4) is 0 Å². The zero-order valence-electron chi connectivity index (χ0n) is 54.3. The number of unbranched alkanes of at least 4 members (excludes halogenated alkanes) is 55. The Morgan fingerprint density at radius 2 is 0.605 bits per heavy atom. The van der Waals surface area contributed by atoms with Gasteiger partial charge in [-0.05, 0) is 38.5 Å². The van der Waals surface area contributed by atoms with Crippen LogP contribution in [0.1, 0.15) is 399 Å². The van der Waals surface area contributed by atoms with Gasteiger partial charge in [0.15, 0.2) is 6.10 Å². The number of carbonyl (C=O) groups is 2. The fraction of sp³-hybridized carbons (Fsp3) is 0.944. The van der Waals surface area contributed by atoms with Crippen molar-refractivity contribution in [1.29, 1.82) is 0 Å². The predicted octanol–water partition coefficient (Wildman–Crippen LogP) is 23.5. The van der Waals surface area contributed by atoms with E-state index in [1.165, 1.54) is 334 Å². The maximum Gasteiger partial charge on any atom is 0.472 e. The third-order valence-corrected chi connectivity index (χ3v) is 17.6. The van der Waals surface area contributed by atoms with Crippen LogP contribution in [0, 0.1) is 0 Å². The van der Waals surface area contributed by atoms with Crippen LogP contribution in [0.2, 0.25) is 0 Å². The van der Waals surface area contributed by atoms with E-state index in [0.717, 1.165) is 32.1 Å². The second-order valence-electron chi connectivity index (χ2n) is 24.8. The van der Waals surface area contributed by atoms with Gasteiger partial charge in [-0.3, -0.25) is 18.6 Å². The molecule has 0 aromatic carbocycles. The molecule has 0 radical (unpaired) electrons. The molecule has 0 saturated heterocycles. The maximum atomic E-state index is 12.8. The summed E-state index contributed by atoms with van der Waals surface area (Å²) >= 11 is 0. The van der Waals surface area contributed by atoms with Crippen LogP contribution in [-0.4, -0.2) is 49.3 Å². The molecule has 0 aliphatic carbocycles. The average Bonchev–Trinajstić information content (AvgIpc) is 3.46. The summed E-state index contributed by atoms with van der Waals surface area (Å²) in [5, 5.41) is 0. The molecule has 0 aliphatic rings. The first kappa shape index (κ1) is 79.8. The zero-order valence-corrected chi connectivity index (χ0v) is 55.2. The van der Waals surface area contributed by atoms with E-state index in [-0.39, 0.29) is 38.6 Å². The highest BCUT2D eigenvalue weighted by molar-refractivity contribution is 7.47. The fourth-order valence-electron chi connectivity index (χ4n) is 11.3. The van der Waals surface area contributed by atoms with E-state index in [2.05, 4.69) is 26.0 Å². The van der Waals surface area contributed by atoms with Gasteiger partial charge in [0.25, 0.3) is 0 Å². The molecule has 0 aliphatic heterocycles. The third kappa shape index (κ3) is 67.7. The van der Waals surface area contributed by atoms with Gasteiger partial charge in [-0.25, -0.2) is 4.57 Å². The summed E-state index contributed by atoms with van der Waals surface area (Å²) in [4.78, 5) is 35.4. The molecule has 0 aromatic rings. The van der Waals surface area contributed by atoms with Gasteiger partial charge in [0.1, 0.15) is 6.61 Å².